The van der Waals surface area contributed by atoms with Gasteiger partial charge in [0, 0.05) is 25.5 Å². The van der Waals surface area contributed by atoms with Crippen molar-refractivity contribution in [3.05, 3.63) is 52.0 Å². The smallest absolute Gasteiger partial charge is 0.270 e. The minimum absolute atomic E-state index is 0.169. The molecule has 1 amide bonds. The van der Waals surface area contributed by atoms with E-state index in [2.05, 4.69) is 10.3 Å². The van der Waals surface area contributed by atoms with Gasteiger partial charge in [0.05, 0.1) is 11.1 Å². The number of amides is 1. The zero-order chi connectivity index (χ0) is 15.1. The molecule has 2 aromatic rings. The summed E-state index contributed by atoms with van der Waals surface area (Å²) < 4.78 is 5.42. The van der Waals surface area contributed by atoms with Gasteiger partial charge in [0.2, 0.25) is 0 Å². The number of hydrogen-bond donors (Lipinski definition) is 2. The van der Waals surface area contributed by atoms with E-state index in [0.29, 0.717) is 25.2 Å². The molecule has 0 bridgehead atoms. The van der Waals surface area contributed by atoms with Crippen LogP contribution < -0.4 is 11.1 Å². The Morgan fingerprint density at radius 3 is 2.86 bits per heavy atom. The van der Waals surface area contributed by atoms with Crippen LogP contribution in [-0.2, 0) is 11.2 Å². The van der Waals surface area contributed by atoms with Crippen LogP contribution in [0.25, 0.3) is 0 Å². The van der Waals surface area contributed by atoms with Crippen LogP contribution in [0.4, 0.5) is 0 Å². The van der Waals surface area contributed by atoms with Crippen LogP contribution in [0.1, 0.15) is 27.2 Å². The van der Waals surface area contributed by atoms with E-state index in [1.54, 1.807) is 12.5 Å². The fourth-order valence-corrected chi connectivity index (χ4v) is 2.73. The zero-order valence-electron chi connectivity index (χ0n) is 11.9. The first-order valence-corrected chi connectivity index (χ1v) is 7.63. The van der Waals surface area contributed by atoms with Gasteiger partial charge < -0.3 is 15.8 Å². The number of benzene rings is 1. The first-order chi connectivity index (χ1) is 10.2. The van der Waals surface area contributed by atoms with E-state index in [1.165, 1.54) is 11.3 Å². The van der Waals surface area contributed by atoms with Gasteiger partial charge in [-0.3, -0.25) is 4.79 Å². The first-order valence-electron chi connectivity index (χ1n) is 6.75. The number of nitrogens with two attached hydrogens (primary N) is 1. The van der Waals surface area contributed by atoms with Gasteiger partial charge in [0.1, 0.15) is 5.69 Å². The molecule has 0 aliphatic rings. The fraction of sp³-hybridized carbons (Fsp3) is 0.333. The number of aromatic nitrogens is 1. The zero-order valence-corrected chi connectivity index (χ0v) is 12.7. The molecule has 1 atom stereocenters. The summed E-state index contributed by atoms with van der Waals surface area (Å²) in [5.74, 6) is -0.187. The summed E-state index contributed by atoms with van der Waals surface area (Å²) in [6, 6.07) is 9.79. The minimum Gasteiger partial charge on any atom is -0.375 e. The number of methoxy groups -OCH3 is 1. The summed E-state index contributed by atoms with van der Waals surface area (Å²) in [7, 11) is 1.63. The topological polar surface area (TPSA) is 77.2 Å². The summed E-state index contributed by atoms with van der Waals surface area (Å²) in [5, 5.41) is 5.49. The van der Waals surface area contributed by atoms with Gasteiger partial charge in [0.15, 0.2) is 0 Å². The molecular formula is C15H19N3O2S. The van der Waals surface area contributed by atoms with E-state index in [9.17, 15) is 4.79 Å². The van der Waals surface area contributed by atoms with Crippen LogP contribution in [0, 0.1) is 0 Å². The van der Waals surface area contributed by atoms with Crippen molar-refractivity contribution in [2.24, 2.45) is 5.73 Å². The van der Waals surface area contributed by atoms with Crippen LogP contribution in [0.2, 0.25) is 0 Å². The van der Waals surface area contributed by atoms with Crippen molar-refractivity contribution in [3.8, 4) is 0 Å². The van der Waals surface area contributed by atoms with Gasteiger partial charge >= 0.3 is 0 Å². The molecule has 0 saturated heterocycles. The highest BCUT2D eigenvalue weighted by Gasteiger charge is 2.14. The Hall–Kier alpha value is -1.76. The maximum absolute atomic E-state index is 12.1. The van der Waals surface area contributed by atoms with E-state index >= 15 is 0 Å². The maximum atomic E-state index is 12.1. The van der Waals surface area contributed by atoms with Crippen molar-refractivity contribution in [1.82, 2.24) is 10.3 Å². The van der Waals surface area contributed by atoms with Gasteiger partial charge in [0.25, 0.3) is 5.91 Å². The Balaban J connectivity index is 1.93. The predicted molar refractivity (Wildman–Crippen MR) is 83.4 cm³/mol. The Morgan fingerprint density at radius 2 is 2.19 bits per heavy atom. The normalized spacial score (nSPS) is 12.1. The van der Waals surface area contributed by atoms with Gasteiger partial charge in [-0.15, -0.1) is 11.3 Å². The van der Waals surface area contributed by atoms with Gasteiger partial charge in [-0.2, -0.15) is 0 Å². The predicted octanol–water partition coefficient (Wildman–Crippen LogP) is 1.76. The van der Waals surface area contributed by atoms with Crippen LogP contribution in [0.3, 0.4) is 0 Å². The lowest BCUT2D eigenvalue weighted by atomic mass is 10.1. The second kappa shape index (κ2) is 7.87. The highest BCUT2D eigenvalue weighted by molar-refractivity contribution is 7.09. The molecule has 1 aromatic heterocycles. The molecule has 0 fully saturated rings. The molecule has 2 rings (SSSR count). The summed E-state index contributed by atoms with van der Waals surface area (Å²) in [5.41, 5.74) is 6.94. The number of rotatable bonds is 7. The summed E-state index contributed by atoms with van der Waals surface area (Å²) in [6.45, 7) is 0.942. The molecule has 0 radical (unpaired) electrons. The van der Waals surface area contributed by atoms with Crippen molar-refractivity contribution in [2.75, 3.05) is 20.2 Å². The second-order valence-corrected chi connectivity index (χ2v) is 5.45. The molecule has 112 valence electrons. The first kappa shape index (κ1) is 15.6. The summed E-state index contributed by atoms with van der Waals surface area (Å²) in [4.78, 5) is 16.3. The number of hydrogen-bond acceptors (Lipinski definition) is 5. The SMILES string of the molecule is COC(CNC(=O)c1csc(CCN)n1)c1ccccc1. The minimum atomic E-state index is -0.187. The molecule has 1 heterocycles. The molecule has 0 aliphatic heterocycles. The highest BCUT2D eigenvalue weighted by Crippen LogP contribution is 2.15. The van der Waals surface area contributed by atoms with E-state index in [4.69, 9.17) is 10.5 Å². The van der Waals surface area contributed by atoms with E-state index in [0.717, 1.165) is 10.6 Å². The van der Waals surface area contributed by atoms with E-state index < -0.39 is 0 Å². The van der Waals surface area contributed by atoms with Crippen molar-refractivity contribution in [3.63, 3.8) is 0 Å². The van der Waals surface area contributed by atoms with Crippen LogP contribution in [0.5, 0.6) is 0 Å². The number of ether oxygens (including phenoxy) is 1. The van der Waals surface area contributed by atoms with Crippen LogP contribution in [0.15, 0.2) is 35.7 Å². The van der Waals surface area contributed by atoms with Gasteiger partial charge in [-0.25, -0.2) is 4.98 Å². The summed E-state index contributed by atoms with van der Waals surface area (Å²) >= 11 is 1.46. The monoisotopic (exact) mass is 305 g/mol. The number of nitrogens with one attached hydrogen (secondary N) is 1. The molecule has 1 unspecified atom stereocenters. The molecule has 1 aromatic carbocycles. The molecule has 0 spiro atoms. The highest BCUT2D eigenvalue weighted by atomic mass is 32.1. The van der Waals surface area contributed by atoms with E-state index in [1.807, 2.05) is 30.3 Å². The maximum Gasteiger partial charge on any atom is 0.270 e. The van der Waals surface area contributed by atoms with Crippen molar-refractivity contribution < 1.29 is 9.53 Å². The molecule has 3 N–H and O–H groups in total. The molecule has 5 nitrogen and oxygen atoms in total. The third-order valence-electron chi connectivity index (χ3n) is 3.05. The Kier molecular flexibility index (Phi) is 5.86. The van der Waals surface area contributed by atoms with Crippen molar-refractivity contribution in [2.45, 2.75) is 12.5 Å². The molecule has 6 heteroatoms. The van der Waals surface area contributed by atoms with Gasteiger partial charge in [-0.05, 0) is 12.1 Å². The molecule has 0 saturated carbocycles. The standard InChI is InChI=1S/C15H19N3O2S/c1-20-13(11-5-3-2-4-6-11)9-17-15(19)12-10-21-14(18-12)7-8-16/h2-6,10,13H,7-9,16H2,1H3,(H,17,19). The average molecular weight is 305 g/mol. The number of nitrogens with zero attached hydrogens (tertiary/aromatic N) is 1. The van der Waals surface area contributed by atoms with Crippen molar-refractivity contribution in [1.29, 1.82) is 0 Å². The van der Waals surface area contributed by atoms with Crippen molar-refractivity contribution >= 4 is 17.2 Å². The Bertz CT molecular complexity index is 571. The number of carbonyl (C=O) groups excluding carboxylic acids is 1. The lowest BCUT2D eigenvalue weighted by molar-refractivity contribution is 0.0824. The fourth-order valence-electron chi connectivity index (χ4n) is 1.93. The number of thiazole rings is 1. The quantitative estimate of drug-likeness (QED) is 0.817. The Morgan fingerprint density at radius 1 is 1.43 bits per heavy atom. The molecule has 21 heavy (non-hydrogen) atoms. The molecular weight excluding hydrogens is 286 g/mol. The van der Waals surface area contributed by atoms with Crippen LogP contribution in [-0.4, -0.2) is 31.1 Å². The third kappa shape index (κ3) is 4.35. The molecule has 0 aliphatic carbocycles. The van der Waals surface area contributed by atoms with Crippen LogP contribution >= 0.6 is 11.3 Å². The summed E-state index contributed by atoms with van der Waals surface area (Å²) in [6.07, 6.45) is 0.528. The lowest BCUT2D eigenvalue weighted by Crippen LogP contribution is -2.29. The van der Waals surface area contributed by atoms with Gasteiger partial charge in [-0.1, -0.05) is 30.3 Å². The van der Waals surface area contributed by atoms with E-state index in [-0.39, 0.29) is 12.0 Å². The largest absolute Gasteiger partial charge is 0.375 e. The third-order valence-corrected chi connectivity index (χ3v) is 3.96. The lowest BCUT2D eigenvalue weighted by Gasteiger charge is -2.16. The second-order valence-electron chi connectivity index (χ2n) is 4.51. The number of carbonyl (C=O) groups is 1. The average Bonchev–Trinajstić information content (AvgIpc) is 2.98. The Labute approximate surface area is 128 Å².